The molecular weight excluding hydrogens is 738 g/mol. The minimum atomic E-state index is -5.77. The number of aryl methyl sites for hydroxylation is 3. The van der Waals surface area contributed by atoms with E-state index >= 15 is 0 Å². The fourth-order valence-corrected chi connectivity index (χ4v) is 5.66. The summed E-state index contributed by atoms with van der Waals surface area (Å²) in [6.45, 7) is 2.91. The molecule has 3 N–H and O–H groups in total. The maximum Gasteiger partial charge on any atom is 0.458 e. The molecule has 20 heteroatoms. The zero-order valence-electron chi connectivity index (χ0n) is 27.6. The van der Waals surface area contributed by atoms with Gasteiger partial charge in [0, 0.05) is 43.1 Å². The van der Waals surface area contributed by atoms with E-state index in [0.717, 1.165) is 47.5 Å². The van der Waals surface area contributed by atoms with Crippen molar-refractivity contribution >= 4 is 63.8 Å². The van der Waals surface area contributed by atoms with Crippen LogP contribution >= 0.6 is 11.6 Å². The Morgan fingerprint density at radius 2 is 1.70 bits per heavy atom. The molecule has 0 saturated carbocycles. The number of aromatic nitrogens is 4. The van der Waals surface area contributed by atoms with E-state index in [0.29, 0.717) is 54.2 Å². The van der Waals surface area contributed by atoms with Gasteiger partial charge in [0.15, 0.2) is 11.5 Å². The highest BCUT2D eigenvalue weighted by atomic mass is 35.5. The number of piperidine rings is 1. The van der Waals surface area contributed by atoms with Gasteiger partial charge in [-0.3, -0.25) is 24.2 Å². The minimum Gasteiger partial charge on any atom is -0.361 e. The van der Waals surface area contributed by atoms with Gasteiger partial charge in [0.05, 0.1) is 18.1 Å². The van der Waals surface area contributed by atoms with Crippen LogP contribution in [0.2, 0.25) is 5.02 Å². The van der Waals surface area contributed by atoms with Crippen LogP contribution in [0.15, 0.2) is 53.4 Å². The van der Waals surface area contributed by atoms with Crippen molar-refractivity contribution in [1.29, 1.82) is 0 Å². The van der Waals surface area contributed by atoms with Gasteiger partial charge in [-0.1, -0.05) is 16.8 Å². The van der Waals surface area contributed by atoms with Crippen LogP contribution < -0.4 is 16.0 Å². The van der Waals surface area contributed by atoms with Gasteiger partial charge < -0.3 is 25.4 Å². The number of ketones is 2. The number of alkyl halides is 6. The summed E-state index contributed by atoms with van der Waals surface area (Å²) in [6, 6.07) is 9.42. The minimum absolute atomic E-state index is 0.0575. The van der Waals surface area contributed by atoms with Crippen molar-refractivity contribution in [1.82, 2.24) is 25.0 Å². The standard InChI is InChI=1S/C29H29ClN8O3.C4F6O2/c1-17-9-25(37-41-17)28(40)38-8-2-3-19(16-38)11-26(39)35-24-7-6-21-12-20(24)5-4-18-10-22(14-31-13-18)34-29-32-15-23(30)27(33-21)36-29;5-3(6,7)1(11)2(12)4(8,9)10/h6-7,9-10,12-15,19H,2-5,8,11,16H2,1H3,(H,35,39)(H2,32,33,34,36);/t19-;/m1./s1. The van der Waals surface area contributed by atoms with E-state index in [-0.39, 0.29) is 17.7 Å². The van der Waals surface area contributed by atoms with Gasteiger partial charge in [0.25, 0.3) is 5.91 Å². The third kappa shape index (κ3) is 10.3. The predicted octanol–water partition coefficient (Wildman–Crippen LogP) is 6.54. The monoisotopic (exact) mass is 766 g/mol. The molecule has 1 atom stereocenters. The molecule has 2 aliphatic rings. The summed E-state index contributed by atoms with van der Waals surface area (Å²) in [5.74, 6) is -5.54. The van der Waals surface area contributed by atoms with Crippen LogP contribution in [0.3, 0.4) is 0 Å². The lowest BCUT2D eigenvalue weighted by atomic mass is 9.94. The number of amides is 2. The number of pyridine rings is 1. The number of carbonyl (C=O) groups excluding carboxylic acids is 4. The predicted molar refractivity (Wildman–Crippen MR) is 177 cm³/mol. The topological polar surface area (TPSA) is 172 Å². The van der Waals surface area contributed by atoms with E-state index in [4.69, 9.17) is 16.1 Å². The second-order valence-electron chi connectivity index (χ2n) is 12.1. The number of rotatable bonds is 5. The Balaban J connectivity index is 0.000000390. The summed E-state index contributed by atoms with van der Waals surface area (Å²) in [5.41, 5.74) is 4.61. The van der Waals surface area contributed by atoms with Gasteiger partial charge in [-0.15, -0.1) is 0 Å². The molecule has 2 aliphatic heterocycles. The van der Waals surface area contributed by atoms with E-state index in [1.54, 1.807) is 30.3 Å². The number of halogens is 7. The van der Waals surface area contributed by atoms with Crippen molar-refractivity contribution in [2.45, 2.75) is 51.4 Å². The molecule has 280 valence electrons. The van der Waals surface area contributed by atoms with Gasteiger partial charge in [0.2, 0.25) is 11.9 Å². The van der Waals surface area contributed by atoms with Gasteiger partial charge in [-0.2, -0.15) is 31.3 Å². The molecule has 0 unspecified atom stereocenters. The second-order valence-corrected chi connectivity index (χ2v) is 12.5. The maximum absolute atomic E-state index is 13.2. The number of fused-ring (bicyclic) bond motifs is 6. The molecule has 1 saturated heterocycles. The van der Waals surface area contributed by atoms with Crippen LogP contribution in [0.1, 0.15) is 46.6 Å². The van der Waals surface area contributed by atoms with Crippen molar-refractivity contribution in [3.63, 3.8) is 0 Å². The highest BCUT2D eigenvalue weighted by Gasteiger charge is 2.54. The zero-order valence-corrected chi connectivity index (χ0v) is 28.3. The Bertz CT molecular complexity index is 2000. The molecular formula is C33H29ClF6N8O5. The lowest BCUT2D eigenvalue weighted by molar-refractivity contribution is -0.193. The highest BCUT2D eigenvalue weighted by molar-refractivity contribution is 6.41. The van der Waals surface area contributed by atoms with Crippen LogP contribution in [0.25, 0.3) is 0 Å². The van der Waals surface area contributed by atoms with Crippen LogP contribution in [0.4, 0.5) is 55.2 Å². The van der Waals surface area contributed by atoms with Crippen molar-refractivity contribution in [3.8, 4) is 0 Å². The molecule has 4 aromatic rings. The molecule has 1 aromatic carbocycles. The SMILES string of the molecule is Cc1cc(C(=O)N2CCC[C@H](CC(=O)Nc3ccc4cc3CCc3cncc(c3)Nc3ncc(Cl)c(n3)N4)C2)no1.O=C(C(=O)C(F)(F)F)C(F)(F)F. The molecule has 5 heterocycles. The molecule has 53 heavy (non-hydrogen) atoms. The number of Topliss-reactive ketones (excluding diaryl/α,β-unsaturated/α-hetero) is 2. The average molecular weight is 767 g/mol. The Morgan fingerprint density at radius 1 is 0.962 bits per heavy atom. The normalized spacial score (nSPS) is 15.5. The molecule has 0 spiro atoms. The fraction of sp³-hybridized carbons (Fsp3) is 0.333. The smallest absolute Gasteiger partial charge is 0.361 e. The van der Waals surface area contributed by atoms with Gasteiger partial charge >= 0.3 is 23.9 Å². The lowest BCUT2D eigenvalue weighted by Gasteiger charge is -2.32. The summed E-state index contributed by atoms with van der Waals surface area (Å²) in [6.07, 6.45) is -3.03. The van der Waals surface area contributed by atoms with E-state index in [1.807, 2.05) is 30.5 Å². The van der Waals surface area contributed by atoms with Crippen molar-refractivity contribution < 1.29 is 50.0 Å². The lowest BCUT2D eigenvalue weighted by Crippen LogP contribution is -2.41. The number of likely N-dealkylation sites (tertiary alicyclic amines) is 1. The first-order valence-corrected chi connectivity index (χ1v) is 16.2. The van der Waals surface area contributed by atoms with Crippen LogP contribution in [-0.4, -0.2) is 73.8 Å². The van der Waals surface area contributed by atoms with Gasteiger partial charge in [-0.05, 0) is 73.9 Å². The summed E-state index contributed by atoms with van der Waals surface area (Å²) >= 11 is 6.37. The first-order valence-electron chi connectivity index (χ1n) is 15.8. The van der Waals surface area contributed by atoms with Crippen molar-refractivity contribution in [3.05, 3.63) is 76.5 Å². The Kier molecular flexibility index (Phi) is 11.6. The number of nitrogens with zero attached hydrogens (tertiary/aromatic N) is 5. The highest BCUT2D eigenvalue weighted by Crippen LogP contribution is 2.30. The van der Waals surface area contributed by atoms with E-state index in [1.165, 1.54) is 0 Å². The molecule has 13 nitrogen and oxygen atoms in total. The first kappa shape index (κ1) is 38.6. The Morgan fingerprint density at radius 3 is 2.38 bits per heavy atom. The number of hydrogen-bond donors (Lipinski definition) is 3. The summed E-state index contributed by atoms with van der Waals surface area (Å²) in [4.78, 5) is 60.2. The number of nitrogens with one attached hydrogen (secondary N) is 3. The summed E-state index contributed by atoms with van der Waals surface area (Å²) in [7, 11) is 0. The number of hydrogen-bond acceptors (Lipinski definition) is 11. The van der Waals surface area contributed by atoms with Crippen LogP contribution in [0.5, 0.6) is 0 Å². The van der Waals surface area contributed by atoms with Crippen LogP contribution in [0, 0.1) is 12.8 Å². The summed E-state index contributed by atoms with van der Waals surface area (Å²) < 4.78 is 72.0. The molecule has 1 fully saturated rings. The molecule has 0 aliphatic carbocycles. The van der Waals surface area contributed by atoms with Gasteiger partial charge in [-0.25, -0.2) is 4.98 Å². The maximum atomic E-state index is 13.2. The van der Waals surface area contributed by atoms with Gasteiger partial charge in [0.1, 0.15) is 10.8 Å². The Hall–Kier alpha value is -5.59. The average Bonchev–Trinajstić information content (AvgIpc) is 3.54. The fourth-order valence-electron chi connectivity index (χ4n) is 5.52. The van der Waals surface area contributed by atoms with E-state index in [9.17, 15) is 45.5 Å². The number of benzene rings is 1. The largest absolute Gasteiger partial charge is 0.458 e. The molecule has 6 bridgehead atoms. The van der Waals surface area contributed by atoms with Crippen LogP contribution in [-0.2, 0) is 27.2 Å². The number of anilines is 5. The zero-order chi connectivity index (χ0) is 38.5. The first-order chi connectivity index (χ1) is 25.0. The second kappa shape index (κ2) is 16.0. The third-order valence-corrected chi connectivity index (χ3v) is 8.25. The Labute approximate surface area is 301 Å². The molecule has 6 rings (SSSR count). The molecule has 2 amide bonds. The van der Waals surface area contributed by atoms with E-state index < -0.39 is 23.9 Å². The quantitative estimate of drug-likeness (QED) is 0.149. The van der Waals surface area contributed by atoms with Crippen molar-refractivity contribution in [2.75, 3.05) is 29.0 Å². The molecule has 0 radical (unpaired) electrons. The van der Waals surface area contributed by atoms with Crippen molar-refractivity contribution in [2.24, 2.45) is 5.92 Å². The summed E-state index contributed by atoms with van der Waals surface area (Å²) in [5, 5.41) is 13.8. The molecule has 3 aromatic heterocycles. The number of carbonyl (C=O) groups is 4. The van der Waals surface area contributed by atoms with E-state index in [2.05, 4.69) is 36.1 Å². The third-order valence-electron chi connectivity index (χ3n) is 7.97.